The van der Waals surface area contributed by atoms with Crippen molar-refractivity contribution in [3.05, 3.63) is 33.0 Å². The molecule has 1 atom stereocenters. The molecule has 1 heterocycles. The Labute approximate surface area is 95.8 Å². The Morgan fingerprint density at radius 3 is 2.93 bits per heavy atom. The summed E-state index contributed by atoms with van der Waals surface area (Å²) >= 11 is 9.09. The summed E-state index contributed by atoms with van der Waals surface area (Å²) in [7, 11) is 0. The summed E-state index contributed by atoms with van der Waals surface area (Å²) in [5.41, 5.74) is 0.707. The van der Waals surface area contributed by atoms with Crippen LogP contribution in [-0.4, -0.2) is 6.54 Å². The van der Waals surface area contributed by atoms with E-state index in [4.69, 9.17) is 11.6 Å². The van der Waals surface area contributed by atoms with E-state index in [9.17, 15) is 4.39 Å². The van der Waals surface area contributed by atoms with Crippen LogP contribution in [0.4, 0.5) is 4.39 Å². The Morgan fingerprint density at radius 2 is 2.29 bits per heavy atom. The van der Waals surface area contributed by atoms with Crippen LogP contribution in [0.15, 0.2) is 16.6 Å². The van der Waals surface area contributed by atoms with Crippen molar-refractivity contribution < 1.29 is 4.39 Å². The molecule has 1 nitrogen and oxygen atoms in total. The minimum absolute atomic E-state index is 0.142. The monoisotopic (exact) mass is 277 g/mol. The molecule has 1 N–H and O–H groups in total. The molecular weight excluding hydrogens is 268 g/mol. The molecule has 0 amide bonds. The third-order valence-corrected chi connectivity index (χ3v) is 3.67. The van der Waals surface area contributed by atoms with Gasteiger partial charge in [0.15, 0.2) is 0 Å². The van der Waals surface area contributed by atoms with Crippen molar-refractivity contribution in [1.82, 2.24) is 5.32 Å². The molecule has 2 rings (SSSR count). The normalized spacial score (nSPS) is 21.5. The van der Waals surface area contributed by atoms with Crippen molar-refractivity contribution in [2.75, 3.05) is 6.54 Å². The van der Waals surface area contributed by atoms with Gasteiger partial charge in [-0.1, -0.05) is 11.6 Å². The summed E-state index contributed by atoms with van der Waals surface area (Å²) in [5.74, 6) is -0.224. The van der Waals surface area contributed by atoms with Gasteiger partial charge in [-0.3, -0.25) is 0 Å². The van der Waals surface area contributed by atoms with Crippen LogP contribution >= 0.6 is 27.5 Å². The van der Waals surface area contributed by atoms with Crippen molar-refractivity contribution in [3.8, 4) is 0 Å². The van der Waals surface area contributed by atoms with Crippen LogP contribution in [0.25, 0.3) is 0 Å². The van der Waals surface area contributed by atoms with E-state index in [1.54, 1.807) is 6.07 Å². The second-order valence-electron chi connectivity index (χ2n) is 3.44. The summed E-state index contributed by atoms with van der Waals surface area (Å²) < 4.78 is 14.3. The zero-order valence-electron chi connectivity index (χ0n) is 7.49. The van der Waals surface area contributed by atoms with E-state index in [0.717, 1.165) is 23.9 Å². The molecular formula is C10H10BrClFN. The summed E-state index contributed by atoms with van der Waals surface area (Å²) in [6.45, 7) is 0.963. The molecule has 1 unspecified atom stereocenters. The maximum Gasteiger partial charge on any atom is 0.129 e. The van der Waals surface area contributed by atoms with E-state index < -0.39 is 0 Å². The highest BCUT2D eigenvalue weighted by atomic mass is 79.9. The van der Waals surface area contributed by atoms with Gasteiger partial charge < -0.3 is 5.32 Å². The van der Waals surface area contributed by atoms with Crippen LogP contribution in [0.1, 0.15) is 24.4 Å². The number of nitrogens with one attached hydrogen (secondary N) is 1. The van der Waals surface area contributed by atoms with E-state index >= 15 is 0 Å². The lowest BCUT2D eigenvalue weighted by Crippen LogP contribution is -2.14. The first-order chi connectivity index (χ1) is 6.68. The SMILES string of the molecule is Fc1cc(Cl)c(Br)cc1C1CCCN1. The molecule has 1 aromatic rings. The molecule has 1 aliphatic heterocycles. The summed E-state index contributed by atoms with van der Waals surface area (Å²) in [5, 5.41) is 3.68. The van der Waals surface area contributed by atoms with Gasteiger partial charge in [-0.25, -0.2) is 4.39 Å². The van der Waals surface area contributed by atoms with Gasteiger partial charge in [0.1, 0.15) is 5.82 Å². The highest BCUT2D eigenvalue weighted by Crippen LogP contribution is 2.31. The molecule has 0 bridgehead atoms. The summed E-state index contributed by atoms with van der Waals surface area (Å²) in [6, 6.07) is 3.27. The topological polar surface area (TPSA) is 12.0 Å². The first-order valence-corrected chi connectivity index (χ1v) is 5.73. The van der Waals surface area contributed by atoms with E-state index in [-0.39, 0.29) is 11.9 Å². The fourth-order valence-corrected chi connectivity index (χ4v) is 2.27. The van der Waals surface area contributed by atoms with Crippen LogP contribution in [0, 0.1) is 5.82 Å². The van der Waals surface area contributed by atoms with E-state index in [2.05, 4.69) is 21.2 Å². The largest absolute Gasteiger partial charge is 0.310 e. The van der Waals surface area contributed by atoms with Crippen molar-refractivity contribution >= 4 is 27.5 Å². The molecule has 0 saturated carbocycles. The van der Waals surface area contributed by atoms with Gasteiger partial charge in [0.2, 0.25) is 0 Å². The summed E-state index contributed by atoms with van der Waals surface area (Å²) in [6.07, 6.45) is 2.09. The van der Waals surface area contributed by atoms with Gasteiger partial charge in [0.05, 0.1) is 5.02 Å². The van der Waals surface area contributed by atoms with E-state index in [1.807, 2.05) is 0 Å². The van der Waals surface area contributed by atoms with E-state index in [1.165, 1.54) is 6.07 Å². The average Bonchev–Trinajstić information content (AvgIpc) is 2.64. The second kappa shape index (κ2) is 4.17. The van der Waals surface area contributed by atoms with Crippen LogP contribution in [0.3, 0.4) is 0 Å². The predicted molar refractivity (Wildman–Crippen MR) is 59.1 cm³/mol. The maximum absolute atomic E-state index is 13.5. The average molecular weight is 279 g/mol. The van der Waals surface area contributed by atoms with E-state index in [0.29, 0.717) is 10.6 Å². The fraction of sp³-hybridized carbons (Fsp3) is 0.400. The number of hydrogen-bond donors (Lipinski definition) is 1. The number of halogens is 3. The zero-order valence-corrected chi connectivity index (χ0v) is 9.83. The standard InChI is InChI=1S/C10H10BrClFN/c11-7-4-6(9(13)5-8(7)12)10-2-1-3-14-10/h4-5,10,14H,1-3H2. The molecule has 1 fully saturated rings. The summed E-state index contributed by atoms with van der Waals surface area (Å²) in [4.78, 5) is 0. The highest BCUT2D eigenvalue weighted by Gasteiger charge is 2.20. The highest BCUT2D eigenvalue weighted by molar-refractivity contribution is 9.10. The molecule has 0 radical (unpaired) electrons. The molecule has 76 valence electrons. The molecule has 0 aliphatic carbocycles. The molecule has 1 aromatic carbocycles. The van der Waals surface area contributed by atoms with Crippen molar-refractivity contribution in [3.63, 3.8) is 0 Å². The third-order valence-electron chi connectivity index (χ3n) is 2.48. The van der Waals surface area contributed by atoms with Gasteiger partial charge in [0.25, 0.3) is 0 Å². The first kappa shape index (κ1) is 10.4. The Bertz CT molecular complexity index is 350. The number of benzene rings is 1. The molecule has 1 aliphatic rings. The van der Waals surface area contributed by atoms with Gasteiger partial charge in [-0.05, 0) is 47.4 Å². The van der Waals surface area contributed by atoms with Gasteiger partial charge in [-0.15, -0.1) is 0 Å². The lowest BCUT2D eigenvalue weighted by molar-refractivity contribution is 0.558. The fourth-order valence-electron chi connectivity index (χ4n) is 1.75. The third kappa shape index (κ3) is 1.95. The minimum Gasteiger partial charge on any atom is -0.310 e. The molecule has 14 heavy (non-hydrogen) atoms. The second-order valence-corrected chi connectivity index (χ2v) is 4.70. The minimum atomic E-state index is -0.224. The molecule has 0 spiro atoms. The van der Waals surface area contributed by atoms with Gasteiger partial charge in [-0.2, -0.15) is 0 Å². The zero-order chi connectivity index (χ0) is 10.1. The molecule has 0 aromatic heterocycles. The lowest BCUT2D eigenvalue weighted by atomic mass is 10.1. The first-order valence-electron chi connectivity index (χ1n) is 4.56. The smallest absolute Gasteiger partial charge is 0.129 e. The van der Waals surface area contributed by atoms with Crippen molar-refractivity contribution in [2.24, 2.45) is 0 Å². The predicted octanol–water partition coefficient (Wildman–Crippen LogP) is 3.67. The van der Waals surface area contributed by atoms with Crippen molar-refractivity contribution in [1.29, 1.82) is 0 Å². The molecule has 4 heteroatoms. The number of rotatable bonds is 1. The van der Waals surface area contributed by atoms with Gasteiger partial charge >= 0.3 is 0 Å². The Kier molecular flexibility index (Phi) is 3.10. The lowest BCUT2D eigenvalue weighted by Gasteiger charge is -2.12. The Hall–Kier alpha value is -0.120. The van der Waals surface area contributed by atoms with Crippen molar-refractivity contribution in [2.45, 2.75) is 18.9 Å². The van der Waals surface area contributed by atoms with Gasteiger partial charge in [0, 0.05) is 16.1 Å². The molecule has 1 saturated heterocycles. The Balaban J connectivity index is 2.37. The maximum atomic E-state index is 13.5. The van der Waals surface area contributed by atoms with Crippen LogP contribution < -0.4 is 5.32 Å². The Morgan fingerprint density at radius 1 is 1.50 bits per heavy atom. The number of hydrogen-bond acceptors (Lipinski definition) is 1. The van der Waals surface area contributed by atoms with Crippen LogP contribution in [0.2, 0.25) is 5.02 Å². The van der Waals surface area contributed by atoms with Crippen LogP contribution in [0.5, 0.6) is 0 Å². The van der Waals surface area contributed by atoms with Crippen LogP contribution in [-0.2, 0) is 0 Å². The quantitative estimate of drug-likeness (QED) is 0.773.